The van der Waals surface area contributed by atoms with Crippen molar-refractivity contribution in [2.75, 3.05) is 11.9 Å². The zero-order chi connectivity index (χ0) is 15.1. The molecule has 5 heteroatoms. The van der Waals surface area contributed by atoms with Crippen molar-refractivity contribution < 1.29 is 9.90 Å². The second-order valence-corrected chi connectivity index (χ2v) is 4.20. The van der Waals surface area contributed by atoms with Crippen LogP contribution in [0.5, 0.6) is 0 Å². The van der Waals surface area contributed by atoms with Crippen molar-refractivity contribution in [2.24, 2.45) is 0 Å². The Balaban J connectivity index is 2.25. The summed E-state index contributed by atoms with van der Waals surface area (Å²) in [6, 6.07) is 8.32. The van der Waals surface area contributed by atoms with E-state index < -0.39 is 5.91 Å². The van der Waals surface area contributed by atoms with Gasteiger partial charge in [-0.3, -0.25) is 9.59 Å². The molecule has 1 amide bonds. The Morgan fingerprint density at radius 3 is 2.86 bits per heavy atom. The first kappa shape index (κ1) is 14.6. The molecular formula is C16H14N2O3. The van der Waals surface area contributed by atoms with Crippen LogP contribution in [-0.2, 0) is 0 Å². The Kier molecular flexibility index (Phi) is 4.91. The number of benzene rings is 1. The zero-order valence-electron chi connectivity index (χ0n) is 11.2. The highest BCUT2D eigenvalue weighted by atomic mass is 16.2. The molecule has 1 heterocycles. The maximum Gasteiger partial charge on any atom is 0.261 e. The number of carbonyl (C=O) groups is 1. The molecule has 0 aliphatic carbocycles. The molecule has 5 nitrogen and oxygen atoms in total. The lowest BCUT2D eigenvalue weighted by molar-refractivity contribution is 0.102. The molecule has 0 atom stereocenters. The molecular weight excluding hydrogens is 268 g/mol. The van der Waals surface area contributed by atoms with Crippen LogP contribution in [-0.4, -0.2) is 22.6 Å². The molecule has 0 bridgehead atoms. The van der Waals surface area contributed by atoms with E-state index in [2.05, 4.69) is 22.1 Å². The molecule has 21 heavy (non-hydrogen) atoms. The number of rotatable bonds is 3. The Morgan fingerprint density at radius 2 is 2.10 bits per heavy atom. The maximum absolute atomic E-state index is 12.1. The number of pyridine rings is 1. The number of para-hydroxylation sites is 1. The van der Waals surface area contributed by atoms with E-state index in [0.717, 1.165) is 0 Å². The van der Waals surface area contributed by atoms with Crippen molar-refractivity contribution in [1.29, 1.82) is 0 Å². The standard InChI is InChI=1S/C16H14N2O3/c19-10-4-3-6-12-5-1-2-7-14(12)18-16(21)13-11-17-9-8-15(13)20/h1-2,5,7-9,11,19H,4,10H2,(H,17,20)(H,18,21). The van der Waals surface area contributed by atoms with Crippen LogP contribution in [0.2, 0.25) is 0 Å². The fourth-order valence-electron chi connectivity index (χ4n) is 1.70. The van der Waals surface area contributed by atoms with Gasteiger partial charge in [0, 0.05) is 30.4 Å². The molecule has 1 aromatic carbocycles. The molecule has 2 rings (SSSR count). The molecule has 106 valence electrons. The highest BCUT2D eigenvalue weighted by Crippen LogP contribution is 2.14. The van der Waals surface area contributed by atoms with Crippen LogP contribution >= 0.6 is 0 Å². The predicted octanol–water partition coefficient (Wildman–Crippen LogP) is 1.36. The third kappa shape index (κ3) is 3.81. The van der Waals surface area contributed by atoms with Gasteiger partial charge in [-0.2, -0.15) is 0 Å². The highest BCUT2D eigenvalue weighted by molar-refractivity contribution is 6.04. The van der Waals surface area contributed by atoms with Crippen LogP contribution < -0.4 is 10.7 Å². The average molecular weight is 282 g/mol. The summed E-state index contributed by atoms with van der Waals surface area (Å²) in [6.07, 6.45) is 3.19. The maximum atomic E-state index is 12.1. The van der Waals surface area contributed by atoms with E-state index in [1.54, 1.807) is 24.3 Å². The minimum atomic E-state index is -0.492. The Bertz CT molecular complexity index is 754. The van der Waals surface area contributed by atoms with Crippen LogP contribution in [0.3, 0.4) is 0 Å². The van der Waals surface area contributed by atoms with Crippen LogP contribution in [0.25, 0.3) is 0 Å². The van der Waals surface area contributed by atoms with Gasteiger partial charge in [0.25, 0.3) is 5.91 Å². The number of nitrogens with one attached hydrogen (secondary N) is 2. The van der Waals surface area contributed by atoms with Gasteiger partial charge in [0.05, 0.1) is 12.3 Å². The Labute approximate surface area is 121 Å². The number of carbonyl (C=O) groups excluding carboxylic acids is 1. The first-order valence-electron chi connectivity index (χ1n) is 6.39. The number of aliphatic hydroxyl groups excluding tert-OH is 1. The molecule has 0 radical (unpaired) electrons. The van der Waals surface area contributed by atoms with Crippen LogP contribution in [0.15, 0.2) is 47.5 Å². The number of amides is 1. The van der Waals surface area contributed by atoms with Gasteiger partial charge in [-0.15, -0.1) is 0 Å². The van der Waals surface area contributed by atoms with E-state index in [0.29, 0.717) is 17.7 Å². The van der Waals surface area contributed by atoms with E-state index in [9.17, 15) is 9.59 Å². The van der Waals surface area contributed by atoms with Crippen molar-refractivity contribution in [2.45, 2.75) is 6.42 Å². The van der Waals surface area contributed by atoms with Gasteiger partial charge in [0.1, 0.15) is 5.56 Å². The monoisotopic (exact) mass is 282 g/mol. The first-order valence-corrected chi connectivity index (χ1v) is 6.39. The number of anilines is 1. The van der Waals surface area contributed by atoms with Crippen molar-refractivity contribution in [3.05, 3.63) is 64.1 Å². The largest absolute Gasteiger partial charge is 0.395 e. The van der Waals surface area contributed by atoms with Crippen LogP contribution in [0.4, 0.5) is 5.69 Å². The highest BCUT2D eigenvalue weighted by Gasteiger charge is 2.11. The summed E-state index contributed by atoms with van der Waals surface area (Å²) >= 11 is 0. The first-order chi connectivity index (χ1) is 10.2. The molecule has 0 spiro atoms. The number of hydrogen-bond donors (Lipinski definition) is 3. The van der Waals surface area contributed by atoms with Gasteiger partial charge in [-0.1, -0.05) is 24.0 Å². The molecule has 0 aliphatic heterocycles. The lowest BCUT2D eigenvalue weighted by Gasteiger charge is -2.06. The summed E-state index contributed by atoms with van der Waals surface area (Å²) in [5, 5.41) is 11.4. The van der Waals surface area contributed by atoms with Crippen molar-refractivity contribution in [3.8, 4) is 11.8 Å². The Hall–Kier alpha value is -2.84. The smallest absolute Gasteiger partial charge is 0.261 e. The van der Waals surface area contributed by atoms with Gasteiger partial charge < -0.3 is 15.4 Å². The summed E-state index contributed by atoms with van der Waals surface area (Å²) in [6.45, 7) is -0.0130. The molecule has 0 aliphatic rings. The summed E-state index contributed by atoms with van der Waals surface area (Å²) < 4.78 is 0. The third-order valence-electron chi connectivity index (χ3n) is 2.70. The molecule has 0 saturated heterocycles. The molecule has 0 saturated carbocycles. The predicted molar refractivity (Wildman–Crippen MR) is 80.0 cm³/mol. The van der Waals surface area contributed by atoms with Gasteiger partial charge in [0.15, 0.2) is 5.43 Å². The van der Waals surface area contributed by atoms with Crippen molar-refractivity contribution in [3.63, 3.8) is 0 Å². The van der Waals surface area contributed by atoms with E-state index in [1.165, 1.54) is 18.5 Å². The summed E-state index contributed by atoms with van der Waals surface area (Å²) in [4.78, 5) is 26.4. The lowest BCUT2D eigenvalue weighted by atomic mass is 10.1. The quantitative estimate of drug-likeness (QED) is 0.743. The zero-order valence-corrected chi connectivity index (χ0v) is 11.2. The average Bonchev–Trinajstić information content (AvgIpc) is 2.49. The number of aromatic amines is 1. The summed E-state index contributed by atoms with van der Waals surface area (Å²) in [7, 11) is 0. The molecule has 0 fully saturated rings. The molecule has 3 N–H and O–H groups in total. The lowest BCUT2D eigenvalue weighted by Crippen LogP contribution is -2.21. The van der Waals surface area contributed by atoms with Crippen LogP contribution in [0, 0.1) is 11.8 Å². The van der Waals surface area contributed by atoms with Crippen molar-refractivity contribution >= 4 is 11.6 Å². The minimum Gasteiger partial charge on any atom is -0.395 e. The number of aromatic nitrogens is 1. The fraction of sp³-hybridized carbons (Fsp3) is 0.125. The Morgan fingerprint density at radius 1 is 1.29 bits per heavy atom. The van der Waals surface area contributed by atoms with Crippen LogP contribution in [0.1, 0.15) is 22.3 Å². The SMILES string of the molecule is O=C(Nc1ccccc1C#CCCO)c1c[nH]ccc1=O. The van der Waals surface area contributed by atoms with Gasteiger partial charge in [-0.05, 0) is 12.1 Å². The van der Waals surface area contributed by atoms with Gasteiger partial charge in [0.2, 0.25) is 0 Å². The summed E-state index contributed by atoms with van der Waals surface area (Å²) in [5.74, 6) is 5.18. The van der Waals surface area contributed by atoms with E-state index in [1.807, 2.05) is 0 Å². The van der Waals surface area contributed by atoms with Crippen molar-refractivity contribution in [1.82, 2.24) is 4.98 Å². The topological polar surface area (TPSA) is 82.2 Å². The van der Waals surface area contributed by atoms with Gasteiger partial charge >= 0.3 is 0 Å². The number of H-pyrrole nitrogens is 1. The van der Waals surface area contributed by atoms with E-state index >= 15 is 0 Å². The fourth-order valence-corrected chi connectivity index (χ4v) is 1.70. The van der Waals surface area contributed by atoms with E-state index in [4.69, 9.17) is 5.11 Å². The number of aliphatic hydroxyl groups is 1. The molecule has 1 aromatic heterocycles. The minimum absolute atomic E-state index is 0.0130. The second-order valence-electron chi connectivity index (χ2n) is 4.20. The molecule has 0 unspecified atom stereocenters. The van der Waals surface area contributed by atoms with E-state index in [-0.39, 0.29) is 17.6 Å². The number of hydrogen-bond acceptors (Lipinski definition) is 3. The second kappa shape index (κ2) is 7.08. The molecule has 2 aromatic rings. The summed E-state index contributed by atoms with van der Waals surface area (Å²) in [5.41, 5.74) is 0.841. The van der Waals surface area contributed by atoms with Gasteiger partial charge in [-0.25, -0.2) is 0 Å². The normalized spacial score (nSPS) is 9.57. The third-order valence-corrected chi connectivity index (χ3v) is 2.70.